The summed E-state index contributed by atoms with van der Waals surface area (Å²) in [5.74, 6) is -0.281. The molecular weight excluding hydrogens is 362 g/mol. The molecule has 2 aromatic carbocycles. The molecule has 2 aromatic rings. The molecule has 2 amide bonds. The SMILES string of the molecule is CCOc1ccc(N2C[C@H](C(=O)Nc3cccc([N+](=O)[O-])c3C)CC2=O)cc1. The lowest BCUT2D eigenvalue weighted by Crippen LogP contribution is -2.28. The standard InChI is InChI=1S/C20H21N3O5/c1-3-28-16-9-7-15(8-10-16)22-12-14(11-19(22)24)20(25)21-17-5-4-6-18(13(17)2)23(26)27/h4-10,14H,3,11-12H2,1-2H3,(H,21,25)/t14-/m1/s1. The second-order valence-electron chi connectivity index (χ2n) is 6.53. The summed E-state index contributed by atoms with van der Waals surface area (Å²) in [6, 6.07) is 11.7. The molecule has 0 saturated carbocycles. The van der Waals surface area contributed by atoms with E-state index in [4.69, 9.17) is 4.74 Å². The van der Waals surface area contributed by atoms with Crippen LogP contribution < -0.4 is 15.0 Å². The first-order valence-electron chi connectivity index (χ1n) is 8.98. The van der Waals surface area contributed by atoms with Gasteiger partial charge in [-0.1, -0.05) is 6.07 Å². The van der Waals surface area contributed by atoms with Crippen LogP contribution in [0, 0.1) is 23.0 Å². The molecule has 0 aliphatic carbocycles. The molecule has 28 heavy (non-hydrogen) atoms. The van der Waals surface area contributed by atoms with Crippen LogP contribution >= 0.6 is 0 Å². The summed E-state index contributed by atoms with van der Waals surface area (Å²) in [7, 11) is 0. The van der Waals surface area contributed by atoms with Gasteiger partial charge < -0.3 is 15.0 Å². The van der Waals surface area contributed by atoms with Crippen molar-refractivity contribution < 1.29 is 19.2 Å². The normalized spacial score (nSPS) is 16.1. The van der Waals surface area contributed by atoms with Crippen LogP contribution in [-0.4, -0.2) is 29.9 Å². The van der Waals surface area contributed by atoms with E-state index in [1.807, 2.05) is 6.92 Å². The van der Waals surface area contributed by atoms with Gasteiger partial charge in [-0.25, -0.2) is 0 Å². The van der Waals surface area contributed by atoms with Crippen molar-refractivity contribution in [2.24, 2.45) is 5.92 Å². The van der Waals surface area contributed by atoms with Gasteiger partial charge in [0.15, 0.2) is 0 Å². The molecule has 1 heterocycles. The Morgan fingerprint density at radius 1 is 1.29 bits per heavy atom. The molecule has 1 saturated heterocycles. The molecule has 0 aromatic heterocycles. The van der Waals surface area contributed by atoms with Crippen molar-refractivity contribution in [3.63, 3.8) is 0 Å². The Morgan fingerprint density at radius 3 is 2.64 bits per heavy atom. The third-order valence-electron chi connectivity index (χ3n) is 4.71. The Labute approximate surface area is 162 Å². The van der Waals surface area contributed by atoms with Gasteiger partial charge in [0.25, 0.3) is 5.69 Å². The predicted molar refractivity (Wildman–Crippen MR) is 105 cm³/mol. The molecule has 0 bridgehead atoms. The molecule has 3 rings (SSSR count). The summed E-state index contributed by atoms with van der Waals surface area (Å²) < 4.78 is 5.40. The predicted octanol–water partition coefficient (Wildman–Crippen LogP) is 3.29. The number of benzene rings is 2. The van der Waals surface area contributed by atoms with E-state index in [0.29, 0.717) is 29.3 Å². The van der Waals surface area contributed by atoms with Crippen LogP contribution in [0.2, 0.25) is 0 Å². The third-order valence-corrected chi connectivity index (χ3v) is 4.71. The monoisotopic (exact) mass is 383 g/mol. The lowest BCUT2D eigenvalue weighted by Gasteiger charge is -2.17. The van der Waals surface area contributed by atoms with E-state index in [0.717, 1.165) is 0 Å². The lowest BCUT2D eigenvalue weighted by atomic mass is 10.1. The molecule has 0 radical (unpaired) electrons. The number of nitro benzene ring substituents is 1. The number of hydrogen-bond donors (Lipinski definition) is 1. The van der Waals surface area contributed by atoms with E-state index in [1.54, 1.807) is 42.2 Å². The van der Waals surface area contributed by atoms with Gasteiger partial charge >= 0.3 is 0 Å². The number of nitrogens with zero attached hydrogens (tertiary/aromatic N) is 2. The molecule has 0 unspecified atom stereocenters. The van der Waals surface area contributed by atoms with Crippen molar-refractivity contribution in [3.05, 3.63) is 58.1 Å². The van der Waals surface area contributed by atoms with Crippen molar-refractivity contribution >= 4 is 28.9 Å². The Morgan fingerprint density at radius 2 is 2.00 bits per heavy atom. The number of anilines is 2. The Hall–Kier alpha value is -3.42. The highest BCUT2D eigenvalue weighted by molar-refractivity contribution is 6.03. The van der Waals surface area contributed by atoms with E-state index in [-0.39, 0.29) is 30.5 Å². The Balaban J connectivity index is 1.70. The zero-order valence-corrected chi connectivity index (χ0v) is 15.7. The minimum atomic E-state index is -0.530. The average Bonchev–Trinajstić information content (AvgIpc) is 3.06. The van der Waals surface area contributed by atoms with Gasteiger partial charge in [0.05, 0.1) is 28.7 Å². The van der Waals surface area contributed by atoms with E-state index in [9.17, 15) is 19.7 Å². The van der Waals surface area contributed by atoms with Crippen molar-refractivity contribution in [3.8, 4) is 5.75 Å². The molecule has 1 N–H and O–H groups in total. The summed E-state index contributed by atoms with van der Waals surface area (Å²) in [6.45, 7) is 4.29. The minimum absolute atomic E-state index is 0.0590. The van der Waals surface area contributed by atoms with Gasteiger partial charge in [-0.05, 0) is 44.2 Å². The first-order chi connectivity index (χ1) is 13.4. The Bertz CT molecular complexity index is 911. The van der Waals surface area contributed by atoms with E-state index in [1.165, 1.54) is 12.1 Å². The number of ether oxygens (including phenoxy) is 1. The lowest BCUT2D eigenvalue weighted by molar-refractivity contribution is -0.385. The van der Waals surface area contributed by atoms with Gasteiger partial charge in [0.2, 0.25) is 11.8 Å². The third kappa shape index (κ3) is 3.95. The fraction of sp³-hybridized carbons (Fsp3) is 0.300. The molecule has 1 atom stereocenters. The van der Waals surface area contributed by atoms with Crippen LogP contribution in [0.5, 0.6) is 5.75 Å². The molecule has 1 aliphatic rings. The van der Waals surface area contributed by atoms with Crippen LogP contribution in [0.1, 0.15) is 18.9 Å². The molecule has 8 nitrogen and oxygen atoms in total. The fourth-order valence-corrected chi connectivity index (χ4v) is 3.21. The summed E-state index contributed by atoms with van der Waals surface area (Å²) in [5.41, 5.74) is 1.41. The zero-order valence-electron chi connectivity index (χ0n) is 15.7. The maximum atomic E-state index is 12.6. The van der Waals surface area contributed by atoms with Crippen molar-refractivity contribution in [1.29, 1.82) is 0 Å². The number of rotatable bonds is 6. The number of hydrogen-bond acceptors (Lipinski definition) is 5. The topological polar surface area (TPSA) is 102 Å². The first kappa shape index (κ1) is 19.3. The summed E-state index contributed by atoms with van der Waals surface area (Å²) >= 11 is 0. The van der Waals surface area contributed by atoms with E-state index < -0.39 is 10.8 Å². The van der Waals surface area contributed by atoms with Crippen LogP contribution in [0.25, 0.3) is 0 Å². The van der Waals surface area contributed by atoms with Gasteiger partial charge in [0, 0.05) is 24.7 Å². The van der Waals surface area contributed by atoms with E-state index >= 15 is 0 Å². The number of nitrogens with one attached hydrogen (secondary N) is 1. The minimum Gasteiger partial charge on any atom is -0.494 e. The van der Waals surface area contributed by atoms with Crippen molar-refractivity contribution in [2.75, 3.05) is 23.4 Å². The molecular formula is C20H21N3O5. The highest BCUT2D eigenvalue weighted by Crippen LogP contribution is 2.29. The molecule has 1 aliphatic heterocycles. The molecule has 146 valence electrons. The second kappa shape index (κ2) is 8.08. The van der Waals surface area contributed by atoms with Gasteiger partial charge in [-0.15, -0.1) is 0 Å². The average molecular weight is 383 g/mol. The summed E-state index contributed by atoms with van der Waals surface area (Å²) in [6.07, 6.45) is 0.0903. The number of nitro groups is 1. The number of amides is 2. The van der Waals surface area contributed by atoms with E-state index in [2.05, 4.69) is 5.32 Å². The molecule has 0 spiro atoms. The first-order valence-corrected chi connectivity index (χ1v) is 8.98. The van der Waals surface area contributed by atoms with Gasteiger partial charge in [0.1, 0.15) is 5.75 Å². The smallest absolute Gasteiger partial charge is 0.274 e. The number of carbonyl (C=O) groups excluding carboxylic acids is 2. The van der Waals surface area contributed by atoms with Crippen molar-refractivity contribution in [1.82, 2.24) is 0 Å². The van der Waals surface area contributed by atoms with Crippen molar-refractivity contribution in [2.45, 2.75) is 20.3 Å². The zero-order chi connectivity index (χ0) is 20.3. The second-order valence-corrected chi connectivity index (χ2v) is 6.53. The van der Waals surface area contributed by atoms with Crippen LogP contribution in [0.15, 0.2) is 42.5 Å². The van der Waals surface area contributed by atoms with Crippen LogP contribution in [0.3, 0.4) is 0 Å². The quantitative estimate of drug-likeness (QED) is 0.609. The fourth-order valence-electron chi connectivity index (χ4n) is 3.21. The largest absolute Gasteiger partial charge is 0.494 e. The Kier molecular flexibility index (Phi) is 5.58. The van der Waals surface area contributed by atoms with Crippen LogP contribution in [0.4, 0.5) is 17.1 Å². The summed E-state index contributed by atoms with van der Waals surface area (Å²) in [5, 5.41) is 13.8. The van der Waals surface area contributed by atoms with Gasteiger partial charge in [-0.3, -0.25) is 19.7 Å². The maximum absolute atomic E-state index is 12.6. The highest BCUT2D eigenvalue weighted by atomic mass is 16.6. The molecule has 8 heteroatoms. The van der Waals surface area contributed by atoms with Crippen LogP contribution in [-0.2, 0) is 9.59 Å². The molecule has 1 fully saturated rings. The highest BCUT2D eigenvalue weighted by Gasteiger charge is 2.35. The summed E-state index contributed by atoms with van der Waals surface area (Å²) in [4.78, 5) is 37.2. The maximum Gasteiger partial charge on any atom is 0.274 e. The number of carbonyl (C=O) groups is 2. The van der Waals surface area contributed by atoms with Gasteiger partial charge in [-0.2, -0.15) is 0 Å².